The van der Waals surface area contributed by atoms with Gasteiger partial charge in [0.05, 0.1) is 0 Å². The molecule has 0 spiro atoms. The fourth-order valence-electron chi connectivity index (χ4n) is 3.33. The monoisotopic (exact) mass is 238 g/mol. The quantitative estimate of drug-likeness (QED) is 0.792. The minimum Gasteiger partial charge on any atom is -0.313 e. The van der Waals surface area contributed by atoms with E-state index in [0.29, 0.717) is 0 Å². The van der Waals surface area contributed by atoms with E-state index in [2.05, 4.69) is 37.9 Å². The van der Waals surface area contributed by atoms with Gasteiger partial charge in [0, 0.05) is 31.7 Å². The Morgan fingerprint density at radius 1 is 1.24 bits per heavy atom. The maximum atomic E-state index is 3.70. The molecule has 0 radical (unpaired) electrons. The summed E-state index contributed by atoms with van der Waals surface area (Å²) < 4.78 is 0. The molecule has 2 heteroatoms. The van der Waals surface area contributed by atoms with Gasteiger partial charge < -0.3 is 5.32 Å². The number of piperidine rings is 1. The van der Waals surface area contributed by atoms with Crippen molar-refractivity contribution in [2.45, 2.75) is 59.0 Å². The molecule has 1 heterocycles. The molecule has 1 saturated heterocycles. The van der Waals surface area contributed by atoms with Crippen molar-refractivity contribution in [1.29, 1.82) is 0 Å². The molecule has 4 unspecified atom stereocenters. The molecule has 4 atom stereocenters. The van der Waals surface area contributed by atoms with E-state index in [1.54, 1.807) is 0 Å². The van der Waals surface area contributed by atoms with Gasteiger partial charge in [0.25, 0.3) is 0 Å². The van der Waals surface area contributed by atoms with Crippen LogP contribution in [-0.4, -0.2) is 36.6 Å². The van der Waals surface area contributed by atoms with Gasteiger partial charge in [0.15, 0.2) is 0 Å². The van der Waals surface area contributed by atoms with Crippen LogP contribution < -0.4 is 5.32 Å². The Morgan fingerprint density at radius 2 is 1.94 bits per heavy atom. The van der Waals surface area contributed by atoms with Gasteiger partial charge >= 0.3 is 0 Å². The SMILES string of the molecule is CC1CC(C)C(C)N(CCNC(C)C2CC2)C1. The molecule has 2 aliphatic rings. The van der Waals surface area contributed by atoms with Gasteiger partial charge in [-0.3, -0.25) is 4.90 Å². The fourth-order valence-corrected chi connectivity index (χ4v) is 3.33. The Morgan fingerprint density at radius 3 is 2.59 bits per heavy atom. The molecule has 0 bridgehead atoms. The summed E-state index contributed by atoms with van der Waals surface area (Å²) in [6, 6.07) is 1.51. The molecule has 2 nitrogen and oxygen atoms in total. The van der Waals surface area contributed by atoms with Crippen LogP contribution in [0.25, 0.3) is 0 Å². The van der Waals surface area contributed by atoms with Crippen LogP contribution in [0.15, 0.2) is 0 Å². The van der Waals surface area contributed by atoms with Crippen LogP contribution in [0.3, 0.4) is 0 Å². The van der Waals surface area contributed by atoms with Crippen LogP contribution in [0.4, 0.5) is 0 Å². The lowest BCUT2D eigenvalue weighted by Gasteiger charge is -2.41. The Labute approximate surface area is 107 Å². The van der Waals surface area contributed by atoms with Crippen molar-refractivity contribution in [3.8, 4) is 0 Å². The second-order valence-electron chi connectivity index (χ2n) is 6.63. The molecule has 1 aliphatic heterocycles. The number of rotatable bonds is 5. The maximum absolute atomic E-state index is 3.70. The summed E-state index contributed by atoms with van der Waals surface area (Å²) in [5.41, 5.74) is 0. The molecule has 1 saturated carbocycles. The first kappa shape index (κ1) is 13.4. The standard InChI is InChI=1S/C15H30N2/c1-11-9-12(2)14(4)17(10-11)8-7-16-13(3)15-5-6-15/h11-16H,5-10H2,1-4H3. The number of nitrogens with zero attached hydrogens (tertiary/aromatic N) is 1. The van der Waals surface area contributed by atoms with Crippen LogP contribution >= 0.6 is 0 Å². The first-order valence-electron chi connectivity index (χ1n) is 7.55. The van der Waals surface area contributed by atoms with Crippen LogP contribution in [0.1, 0.15) is 47.0 Å². The highest BCUT2D eigenvalue weighted by atomic mass is 15.2. The molecule has 17 heavy (non-hydrogen) atoms. The largest absolute Gasteiger partial charge is 0.313 e. The Kier molecular flexibility index (Phi) is 4.48. The van der Waals surface area contributed by atoms with Gasteiger partial charge in [0.1, 0.15) is 0 Å². The summed E-state index contributed by atoms with van der Waals surface area (Å²) in [6.45, 7) is 13.3. The smallest absolute Gasteiger partial charge is 0.0110 e. The summed E-state index contributed by atoms with van der Waals surface area (Å²) in [5, 5.41) is 3.70. The summed E-state index contributed by atoms with van der Waals surface area (Å²) in [4.78, 5) is 2.69. The predicted molar refractivity (Wildman–Crippen MR) is 74.2 cm³/mol. The first-order valence-corrected chi connectivity index (χ1v) is 7.55. The minimum absolute atomic E-state index is 0.741. The number of nitrogens with one attached hydrogen (secondary N) is 1. The van der Waals surface area contributed by atoms with Crippen molar-refractivity contribution in [3.63, 3.8) is 0 Å². The third kappa shape index (κ3) is 3.69. The second kappa shape index (κ2) is 5.71. The summed E-state index contributed by atoms with van der Waals surface area (Å²) in [6.07, 6.45) is 4.30. The molecule has 2 rings (SSSR count). The van der Waals surface area contributed by atoms with Gasteiger partial charge in [-0.1, -0.05) is 13.8 Å². The first-order chi connectivity index (χ1) is 8.08. The van der Waals surface area contributed by atoms with E-state index >= 15 is 0 Å². The topological polar surface area (TPSA) is 15.3 Å². The molecule has 100 valence electrons. The number of likely N-dealkylation sites (tertiary alicyclic amines) is 1. The Balaban J connectivity index is 1.69. The zero-order valence-electron chi connectivity index (χ0n) is 12.1. The average Bonchev–Trinajstić information content (AvgIpc) is 3.08. The van der Waals surface area contributed by atoms with E-state index in [4.69, 9.17) is 0 Å². The highest BCUT2D eigenvalue weighted by Gasteiger charge is 2.29. The van der Waals surface area contributed by atoms with E-state index in [1.807, 2.05) is 0 Å². The van der Waals surface area contributed by atoms with E-state index in [9.17, 15) is 0 Å². The van der Waals surface area contributed by atoms with Gasteiger partial charge in [-0.05, 0) is 50.9 Å². The van der Waals surface area contributed by atoms with Gasteiger partial charge in [-0.15, -0.1) is 0 Å². The molecule has 0 aromatic rings. The summed E-state index contributed by atoms with van der Waals surface area (Å²) in [5.74, 6) is 2.72. The molecule has 1 N–H and O–H groups in total. The highest BCUT2D eigenvalue weighted by molar-refractivity contribution is 4.85. The van der Waals surface area contributed by atoms with E-state index in [-0.39, 0.29) is 0 Å². The third-order valence-corrected chi connectivity index (χ3v) is 4.91. The van der Waals surface area contributed by atoms with Crippen molar-refractivity contribution in [3.05, 3.63) is 0 Å². The molecular formula is C15H30N2. The van der Waals surface area contributed by atoms with Gasteiger partial charge in [-0.25, -0.2) is 0 Å². The highest BCUT2D eigenvalue weighted by Crippen LogP contribution is 2.32. The number of hydrogen-bond acceptors (Lipinski definition) is 2. The van der Waals surface area contributed by atoms with Crippen molar-refractivity contribution >= 4 is 0 Å². The molecule has 0 amide bonds. The Bertz CT molecular complexity index is 237. The third-order valence-electron chi connectivity index (χ3n) is 4.91. The fraction of sp³-hybridized carbons (Fsp3) is 1.00. The average molecular weight is 238 g/mol. The lowest BCUT2D eigenvalue weighted by molar-refractivity contribution is 0.0799. The lowest BCUT2D eigenvalue weighted by atomic mass is 9.86. The lowest BCUT2D eigenvalue weighted by Crippen LogP contribution is -2.48. The normalized spacial score (nSPS) is 37.1. The Hall–Kier alpha value is -0.0800. The van der Waals surface area contributed by atoms with Crippen molar-refractivity contribution in [2.24, 2.45) is 17.8 Å². The number of hydrogen-bond donors (Lipinski definition) is 1. The zero-order valence-corrected chi connectivity index (χ0v) is 12.1. The van der Waals surface area contributed by atoms with Gasteiger partial charge in [-0.2, -0.15) is 0 Å². The molecule has 0 aromatic carbocycles. The van der Waals surface area contributed by atoms with E-state index < -0.39 is 0 Å². The molecule has 1 aliphatic carbocycles. The van der Waals surface area contributed by atoms with Crippen molar-refractivity contribution in [1.82, 2.24) is 10.2 Å². The molecular weight excluding hydrogens is 208 g/mol. The van der Waals surface area contributed by atoms with E-state index in [1.165, 1.54) is 38.9 Å². The van der Waals surface area contributed by atoms with Crippen LogP contribution in [0.5, 0.6) is 0 Å². The minimum atomic E-state index is 0.741. The predicted octanol–water partition coefficient (Wildman–Crippen LogP) is 2.74. The molecule has 0 aromatic heterocycles. The zero-order chi connectivity index (χ0) is 12.4. The van der Waals surface area contributed by atoms with Crippen molar-refractivity contribution in [2.75, 3.05) is 19.6 Å². The second-order valence-corrected chi connectivity index (χ2v) is 6.63. The molecule has 2 fully saturated rings. The summed E-state index contributed by atoms with van der Waals surface area (Å²) >= 11 is 0. The van der Waals surface area contributed by atoms with Crippen LogP contribution in [0.2, 0.25) is 0 Å². The van der Waals surface area contributed by atoms with E-state index in [0.717, 1.165) is 29.8 Å². The van der Waals surface area contributed by atoms with Crippen molar-refractivity contribution < 1.29 is 0 Å². The van der Waals surface area contributed by atoms with Gasteiger partial charge in [0.2, 0.25) is 0 Å². The maximum Gasteiger partial charge on any atom is 0.0110 e. The van der Waals surface area contributed by atoms with Crippen LogP contribution in [0, 0.1) is 17.8 Å². The summed E-state index contributed by atoms with van der Waals surface area (Å²) in [7, 11) is 0. The van der Waals surface area contributed by atoms with Crippen LogP contribution in [-0.2, 0) is 0 Å².